The minimum absolute atomic E-state index is 0.184. The predicted octanol–water partition coefficient (Wildman–Crippen LogP) is 15.5. The maximum atomic E-state index is 13.3. The summed E-state index contributed by atoms with van der Waals surface area (Å²) in [5.41, 5.74) is 6.87. The van der Waals surface area contributed by atoms with E-state index >= 15 is 0 Å². The third-order valence-corrected chi connectivity index (χ3v) is 17.2. The number of hydrogen-bond donors (Lipinski definition) is 1. The van der Waals surface area contributed by atoms with Gasteiger partial charge in [-0.2, -0.15) is 0 Å². The number of aliphatic carboxylic acids is 1. The normalized spacial score (nSPS) is 14.4. The van der Waals surface area contributed by atoms with Gasteiger partial charge in [0.2, 0.25) is 0 Å². The number of carbonyl (C=O) groups excluding carboxylic acids is 1. The van der Waals surface area contributed by atoms with Gasteiger partial charge < -0.3 is 38.4 Å². The topological polar surface area (TPSA) is 142 Å². The molecule has 0 radical (unpaired) electrons. The minimum Gasteiger partial charge on any atom is -0.494 e. The molecule has 17 heteroatoms. The number of amides is 1. The Kier molecular flexibility index (Phi) is 17.9. The van der Waals surface area contributed by atoms with E-state index in [-0.39, 0.29) is 4.32 Å². The van der Waals surface area contributed by atoms with Crippen molar-refractivity contribution < 1.29 is 43.1 Å². The van der Waals surface area contributed by atoms with Gasteiger partial charge in [0.1, 0.15) is 48.8 Å². The van der Waals surface area contributed by atoms with Gasteiger partial charge in [0.05, 0.1) is 48.7 Å². The Hall–Kier alpha value is -6.66. The van der Waals surface area contributed by atoms with Gasteiger partial charge in [0.15, 0.2) is 23.0 Å². The Morgan fingerprint density at radius 1 is 0.623 bits per heavy atom. The van der Waals surface area contributed by atoms with Crippen LogP contribution in [0.4, 0.5) is 17.1 Å². The fraction of sp³-hybridized carbons (Fsp3) is 0.350. The van der Waals surface area contributed by atoms with Gasteiger partial charge in [-0.3, -0.25) is 24.5 Å². The lowest BCUT2D eigenvalue weighted by atomic mass is 10.0. The first kappa shape index (κ1) is 53.7. The molecule has 0 unspecified atom stereocenters. The number of thioether (sulfide) groups is 1. The largest absolute Gasteiger partial charge is 0.494 e. The number of nitrogens with zero attached hydrogens (tertiary/aromatic N) is 4. The number of rotatable bonds is 25. The molecule has 3 aromatic heterocycles. The van der Waals surface area contributed by atoms with Crippen LogP contribution in [0, 0.1) is 0 Å². The number of benzene rings is 4. The van der Waals surface area contributed by atoms with Crippen LogP contribution in [0.1, 0.15) is 95.8 Å². The Labute approximate surface area is 467 Å². The average Bonchev–Trinajstić information content (AvgIpc) is 4.11. The zero-order valence-electron chi connectivity index (χ0n) is 43.4. The van der Waals surface area contributed by atoms with Crippen molar-refractivity contribution >= 4 is 97.0 Å². The number of thiocarbonyl (C=S) groups is 1. The fourth-order valence-electron chi connectivity index (χ4n) is 9.61. The van der Waals surface area contributed by atoms with E-state index in [1.807, 2.05) is 12.1 Å². The number of carboxylic acids is 1. The summed E-state index contributed by atoms with van der Waals surface area (Å²) in [6.45, 7) is 6.86. The van der Waals surface area contributed by atoms with Crippen LogP contribution >= 0.6 is 46.7 Å². The van der Waals surface area contributed by atoms with E-state index in [1.165, 1.54) is 75.5 Å². The van der Waals surface area contributed by atoms with Crippen LogP contribution in [0.25, 0.3) is 48.4 Å². The van der Waals surface area contributed by atoms with Gasteiger partial charge in [0, 0.05) is 40.6 Å². The van der Waals surface area contributed by atoms with Gasteiger partial charge in [-0.15, -0.1) is 22.7 Å². The Balaban J connectivity index is 0.939. The second kappa shape index (κ2) is 25.7. The maximum Gasteiger partial charge on any atom is 0.323 e. The van der Waals surface area contributed by atoms with E-state index in [9.17, 15) is 14.7 Å². The van der Waals surface area contributed by atoms with Crippen LogP contribution < -0.4 is 33.3 Å². The van der Waals surface area contributed by atoms with E-state index in [4.69, 9.17) is 50.6 Å². The molecule has 10 rings (SSSR count). The molecule has 7 aromatic rings. The number of carbonyl (C=O) groups is 2. The number of unbranched alkanes of at least 4 members (excludes halogenated alkanes) is 10. The molecule has 0 bridgehead atoms. The second-order valence-electron chi connectivity index (χ2n) is 18.9. The lowest BCUT2D eigenvalue weighted by Gasteiger charge is -2.26. The van der Waals surface area contributed by atoms with Gasteiger partial charge in [0.25, 0.3) is 5.91 Å². The molecule has 0 atom stereocenters. The van der Waals surface area contributed by atoms with Crippen LogP contribution in [0.15, 0.2) is 102 Å². The molecular formula is C60H62N4O9S4. The van der Waals surface area contributed by atoms with Crippen molar-refractivity contribution in [3.05, 3.63) is 107 Å². The third kappa shape index (κ3) is 12.4. The molecule has 0 aliphatic carbocycles. The minimum atomic E-state index is -1.15. The van der Waals surface area contributed by atoms with E-state index in [0.29, 0.717) is 83.5 Å². The number of ether oxygens (including phenoxy) is 6. The van der Waals surface area contributed by atoms with E-state index in [0.717, 1.165) is 89.4 Å². The Morgan fingerprint density at radius 3 is 1.60 bits per heavy atom. The molecule has 4 aromatic carbocycles. The number of hydrogen-bond acceptors (Lipinski definition) is 15. The van der Waals surface area contributed by atoms with Crippen LogP contribution in [-0.4, -0.2) is 82.4 Å². The molecule has 6 heterocycles. The number of thiophene rings is 2. The Morgan fingerprint density at radius 2 is 1.08 bits per heavy atom. The molecule has 13 nitrogen and oxygen atoms in total. The number of anilines is 3. The summed E-state index contributed by atoms with van der Waals surface area (Å²) in [4.78, 5) is 41.4. The van der Waals surface area contributed by atoms with Crippen molar-refractivity contribution in [3.8, 4) is 65.8 Å². The summed E-state index contributed by atoms with van der Waals surface area (Å²) in [7, 11) is 0. The van der Waals surface area contributed by atoms with Gasteiger partial charge in [-0.05, 0) is 85.1 Å². The molecule has 77 heavy (non-hydrogen) atoms. The molecular weight excluding hydrogens is 1050 g/mol. The summed E-state index contributed by atoms with van der Waals surface area (Å²) in [6.07, 6.45) is 19.6. The first-order chi connectivity index (χ1) is 37.8. The van der Waals surface area contributed by atoms with Crippen molar-refractivity contribution in [1.29, 1.82) is 0 Å². The molecule has 3 aliphatic rings. The summed E-state index contributed by atoms with van der Waals surface area (Å²) in [5, 5.41) is 9.39. The van der Waals surface area contributed by atoms with E-state index in [1.54, 1.807) is 29.8 Å². The van der Waals surface area contributed by atoms with Crippen molar-refractivity contribution in [2.45, 2.75) is 90.9 Å². The predicted molar refractivity (Wildman–Crippen MR) is 314 cm³/mol. The zero-order valence-corrected chi connectivity index (χ0v) is 46.7. The van der Waals surface area contributed by atoms with Gasteiger partial charge >= 0.3 is 5.97 Å². The van der Waals surface area contributed by atoms with Gasteiger partial charge in [-0.1, -0.05) is 126 Å². The highest BCUT2D eigenvalue weighted by Gasteiger charge is 2.36. The molecule has 3 aliphatic heterocycles. The number of carboxylic acid groups (broad SMARTS) is 1. The number of aromatic nitrogens is 2. The molecule has 1 N–H and O–H groups in total. The highest BCUT2D eigenvalue weighted by molar-refractivity contribution is 8.26. The van der Waals surface area contributed by atoms with Crippen LogP contribution in [-0.2, 0) is 9.59 Å². The SMILES string of the molecule is CCCCCCCCOc1ccc(N(c2ccc(OCCCCCCCC)cc2)c2ccc(-c3sc(-c4ccc(-c5sc(/C=C6/SC(=S)N(CC(=O)O)C6=O)c6c5OCCO6)c5nccnc45)c4c3OCCO4)cc2)cc1. The monoisotopic (exact) mass is 1110 g/mol. The van der Waals surface area contributed by atoms with Crippen molar-refractivity contribution in [2.75, 3.05) is 51.1 Å². The quantitative estimate of drug-likeness (QED) is 0.0329. The third-order valence-electron chi connectivity index (χ3n) is 13.5. The molecule has 0 spiro atoms. The highest BCUT2D eigenvalue weighted by atomic mass is 32.2. The van der Waals surface area contributed by atoms with Crippen LogP contribution in [0.5, 0.6) is 34.5 Å². The fourth-order valence-corrected chi connectivity index (χ4v) is 13.3. The Bertz CT molecular complexity index is 3170. The standard InChI is InChI=1S/C60H62N4O9S4/c1-3-5-7-9-11-13-31-68-43-23-19-41(20-24-43)64(42-21-25-44(26-22-42)69-32-14-12-10-8-6-4-2)40-17-15-39(16-18-40)56-54-55(73-36-35-72-54)58(77-56)46-28-27-45(50-51(46)62-30-29-61-50)57-53-52(70-33-34-71-53)47(75-57)37-48-59(67)63(38-49(65)66)60(74)76-48/h15-30,37H,3-14,31-36,38H2,1-2H3,(H,65,66)/b48-37+. The lowest BCUT2D eigenvalue weighted by molar-refractivity contribution is -0.140. The lowest BCUT2D eigenvalue weighted by Crippen LogP contribution is -2.33. The second-order valence-corrected chi connectivity index (χ2v) is 22.7. The van der Waals surface area contributed by atoms with Crippen LogP contribution in [0.2, 0.25) is 0 Å². The first-order valence-electron chi connectivity index (χ1n) is 26.7. The molecule has 1 saturated heterocycles. The van der Waals surface area contributed by atoms with Crippen molar-refractivity contribution in [2.24, 2.45) is 0 Å². The molecule has 0 saturated carbocycles. The van der Waals surface area contributed by atoms with Gasteiger partial charge in [-0.25, -0.2) is 0 Å². The number of fused-ring (bicyclic) bond motifs is 3. The van der Waals surface area contributed by atoms with E-state index < -0.39 is 18.4 Å². The van der Waals surface area contributed by atoms with E-state index in [2.05, 4.69) is 91.5 Å². The molecule has 1 amide bonds. The molecule has 400 valence electrons. The maximum absolute atomic E-state index is 13.3. The smallest absolute Gasteiger partial charge is 0.323 e. The zero-order chi connectivity index (χ0) is 53.1. The van der Waals surface area contributed by atoms with Crippen molar-refractivity contribution in [3.63, 3.8) is 0 Å². The summed E-state index contributed by atoms with van der Waals surface area (Å²) < 4.78 is 37.9. The summed E-state index contributed by atoms with van der Waals surface area (Å²) >= 11 is 9.41. The summed E-state index contributed by atoms with van der Waals surface area (Å²) in [6, 6.07) is 29.3. The summed E-state index contributed by atoms with van der Waals surface area (Å²) in [5.74, 6) is 2.49. The average molecular weight is 1110 g/mol. The molecule has 1 fully saturated rings. The first-order valence-corrected chi connectivity index (χ1v) is 29.6. The van der Waals surface area contributed by atoms with Crippen molar-refractivity contribution in [1.82, 2.24) is 14.9 Å². The van der Waals surface area contributed by atoms with Crippen LogP contribution in [0.3, 0.4) is 0 Å². The highest BCUT2D eigenvalue weighted by Crippen LogP contribution is 2.57.